The summed E-state index contributed by atoms with van der Waals surface area (Å²) in [5.41, 5.74) is 0. The Morgan fingerprint density at radius 2 is 0.621 bits per heavy atom. The maximum absolute atomic E-state index is 3.30. The Hall–Kier alpha value is 0.430. The maximum Gasteiger partial charge on any atom is -0.0150 e. The average molecular weight is 427 g/mol. The lowest BCUT2D eigenvalue weighted by molar-refractivity contribution is 0.414. The van der Waals surface area contributed by atoms with Gasteiger partial charge in [-0.1, -0.05) is 156 Å². The Bertz CT molecular complexity index is 275. The second-order valence-corrected chi connectivity index (χ2v) is 11.2. The molecule has 0 amide bonds. The maximum atomic E-state index is 3.30. The molecule has 0 aromatic heterocycles. The molecule has 0 fully saturated rings. The van der Waals surface area contributed by atoms with Crippen molar-refractivity contribution in [2.75, 3.05) is 0 Å². The summed E-state index contributed by atoms with van der Waals surface area (Å²) in [4.78, 5) is 0. The van der Waals surface area contributed by atoms with E-state index >= 15 is 0 Å². The summed E-state index contributed by atoms with van der Waals surface area (Å²) >= 11 is 0. The Morgan fingerprint density at radius 1 is 0.345 bits per heavy atom. The van der Waals surface area contributed by atoms with Crippen LogP contribution in [-0.2, 0) is 0 Å². The van der Waals surface area contributed by atoms with Crippen molar-refractivity contribution in [3.63, 3.8) is 0 Å². The molecule has 0 nitrogen and oxygen atoms in total. The molecule has 0 aliphatic rings. The molecule has 0 radical (unpaired) electrons. The van der Waals surface area contributed by atoms with E-state index in [1.165, 1.54) is 154 Å². The van der Waals surface area contributed by atoms with E-state index in [4.69, 9.17) is 0 Å². The van der Waals surface area contributed by atoms with Crippen molar-refractivity contribution < 1.29 is 0 Å². The van der Waals surface area contributed by atoms with Crippen LogP contribution in [0, 0.1) is 0 Å². The Kier molecular flexibility index (Phi) is 23.4. The summed E-state index contributed by atoms with van der Waals surface area (Å²) in [5, 5.41) is 0.551. The van der Waals surface area contributed by atoms with Crippen LogP contribution >= 0.6 is 9.24 Å². The average Bonchev–Trinajstić information content (AvgIpc) is 2.71. The van der Waals surface area contributed by atoms with Crippen molar-refractivity contribution >= 4 is 9.24 Å². The van der Waals surface area contributed by atoms with Gasteiger partial charge in [0.25, 0.3) is 0 Å². The number of unbranched alkanes of at least 4 members (excludes halogenated alkanes) is 18. The molecule has 0 saturated heterocycles. The summed E-state index contributed by atoms with van der Waals surface area (Å²) in [6, 6.07) is 0. The van der Waals surface area contributed by atoms with E-state index in [-0.39, 0.29) is 0 Å². The fraction of sp³-hybridized carbons (Fsp3) is 1.00. The Morgan fingerprint density at radius 3 is 0.897 bits per heavy atom. The van der Waals surface area contributed by atoms with Gasteiger partial charge < -0.3 is 0 Å². The highest BCUT2D eigenvalue weighted by molar-refractivity contribution is 7.19. The largest absolute Gasteiger partial charge is 0.131 e. The van der Waals surface area contributed by atoms with Gasteiger partial charge in [-0.3, -0.25) is 0 Å². The minimum atomic E-state index is 0.551. The van der Waals surface area contributed by atoms with Crippen molar-refractivity contribution in [1.82, 2.24) is 0 Å². The zero-order chi connectivity index (χ0) is 21.5. The van der Waals surface area contributed by atoms with E-state index in [0.717, 1.165) is 0 Å². The Labute approximate surface area is 189 Å². The monoisotopic (exact) mass is 426 g/mol. The molecule has 0 heterocycles. The summed E-state index contributed by atoms with van der Waals surface area (Å²) in [5.74, 6) is 0. The second kappa shape index (κ2) is 23.1. The Balaban J connectivity index is 3.61. The van der Waals surface area contributed by atoms with Crippen LogP contribution in [-0.4, -0.2) is 5.16 Å². The van der Waals surface area contributed by atoms with Gasteiger partial charge in [0, 0.05) is 0 Å². The van der Waals surface area contributed by atoms with Crippen LogP contribution in [0.25, 0.3) is 0 Å². The van der Waals surface area contributed by atoms with E-state index in [1.54, 1.807) is 0 Å². The molecule has 0 bridgehead atoms. The SMILES string of the molecule is CCCCCCCCCCCCC(P)(CCC)CCCCCCCCCCCC. The van der Waals surface area contributed by atoms with Gasteiger partial charge in [-0.25, -0.2) is 0 Å². The van der Waals surface area contributed by atoms with E-state index in [0.29, 0.717) is 5.16 Å². The molecule has 0 N–H and O–H groups in total. The normalized spacial score (nSPS) is 12.0. The van der Waals surface area contributed by atoms with Crippen molar-refractivity contribution in [3.8, 4) is 0 Å². The third kappa shape index (κ3) is 21.4. The van der Waals surface area contributed by atoms with Crippen LogP contribution in [0.1, 0.15) is 175 Å². The molecule has 0 aromatic rings. The molecule has 0 spiro atoms. The first-order chi connectivity index (χ1) is 14.2. The highest BCUT2D eigenvalue weighted by Crippen LogP contribution is 2.36. The molecule has 0 aliphatic carbocycles. The third-order valence-electron chi connectivity index (χ3n) is 6.80. The summed E-state index contributed by atoms with van der Waals surface area (Å²) in [6.07, 6.45) is 34.7. The zero-order valence-corrected chi connectivity index (χ0v) is 22.2. The smallest absolute Gasteiger partial charge is 0.0150 e. The second-order valence-electron chi connectivity index (χ2n) is 9.98. The van der Waals surface area contributed by atoms with Gasteiger partial charge in [-0.2, -0.15) is 0 Å². The first kappa shape index (κ1) is 29.4. The lowest BCUT2D eigenvalue weighted by Gasteiger charge is -2.29. The summed E-state index contributed by atoms with van der Waals surface area (Å²) < 4.78 is 0. The van der Waals surface area contributed by atoms with Gasteiger partial charge >= 0.3 is 0 Å². The lowest BCUT2D eigenvalue weighted by Crippen LogP contribution is -2.20. The molecule has 29 heavy (non-hydrogen) atoms. The summed E-state index contributed by atoms with van der Waals surface area (Å²) in [7, 11) is 3.30. The first-order valence-corrected chi connectivity index (χ1v) is 14.5. The predicted molar refractivity (Wildman–Crippen MR) is 140 cm³/mol. The standard InChI is InChI=1S/C28H59P/c1-4-7-9-11-13-15-17-19-21-23-26-28(29,25-6-3)27-24-22-20-18-16-14-12-10-8-5-2/h4-27,29H2,1-3H3. The van der Waals surface area contributed by atoms with Gasteiger partial charge in [0.1, 0.15) is 0 Å². The van der Waals surface area contributed by atoms with E-state index in [1.807, 2.05) is 0 Å². The molecule has 0 aliphatic heterocycles. The van der Waals surface area contributed by atoms with E-state index in [2.05, 4.69) is 30.0 Å². The van der Waals surface area contributed by atoms with Crippen LogP contribution < -0.4 is 0 Å². The number of hydrogen-bond acceptors (Lipinski definition) is 0. The van der Waals surface area contributed by atoms with Crippen LogP contribution in [0.4, 0.5) is 0 Å². The van der Waals surface area contributed by atoms with Crippen molar-refractivity contribution in [2.24, 2.45) is 0 Å². The van der Waals surface area contributed by atoms with Crippen LogP contribution in [0.3, 0.4) is 0 Å². The van der Waals surface area contributed by atoms with E-state index in [9.17, 15) is 0 Å². The first-order valence-electron chi connectivity index (χ1n) is 14.0. The molecule has 0 aromatic carbocycles. The highest BCUT2D eigenvalue weighted by atomic mass is 31.0. The molecule has 1 unspecified atom stereocenters. The molecule has 0 rings (SSSR count). The fourth-order valence-corrected chi connectivity index (χ4v) is 5.50. The van der Waals surface area contributed by atoms with Gasteiger partial charge in [-0.15, -0.1) is 9.24 Å². The van der Waals surface area contributed by atoms with Crippen LogP contribution in [0.5, 0.6) is 0 Å². The van der Waals surface area contributed by atoms with E-state index < -0.39 is 0 Å². The van der Waals surface area contributed by atoms with Gasteiger partial charge in [0.2, 0.25) is 0 Å². The molecule has 0 saturated carbocycles. The predicted octanol–water partition coefficient (Wildman–Crippen LogP) is 11.0. The van der Waals surface area contributed by atoms with Gasteiger partial charge in [0.05, 0.1) is 0 Å². The minimum Gasteiger partial charge on any atom is -0.131 e. The summed E-state index contributed by atoms with van der Waals surface area (Å²) in [6.45, 7) is 6.98. The molecular formula is C28H59P. The van der Waals surface area contributed by atoms with Gasteiger partial charge in [0.15, 0.2) is 0 Å². The third-order valence-corrected chi connectivity index (χ3v) is 7.67. The van der Waals surface area contributed by atoms with Gasteiger partial charge in [-0.05, 0) is 24.4 Å². The minimum absolute atomic E-state index is 0.551. The van der Waals surface area contributed by atoms with Crippen LogP contribution in [0.15, 0.2) is 0 Å². The fourth-order valence-electron chi connectivity index (χ4n) is 4.80. The van der Waals surface area contributed by atoms with Crippen molar-refractivity contribution in [1.29, 1.82) is 0 Å². The number of hydrogen-bond donors (Lipinski definition) is 0. The molecule has 1 atom stereocenters. The topological polar surface area (TPSA) is 0 Å². The van der Waals surface area contributed by atoms with Crippen LogP contribution in [0.2, 0.25) is 0 Å². The van der Waals surface area contributed by atoms with Crippen molar-refractivity contribution in [3.05, 3.63) is 0 Å². The lowest BCUT2D eigenvalue weighted by atomic mass is 9.89. The highest BCUT2D eigenvalue weighted by Gasteiger charge is 2.22. The quantitative estimate of drug-likeness (QED) is 0.106. The molecule has 1 heteroatoms. The molecule has 176 valence electrons. The zero-order valence-electron chi connectivity index (χ0n) is 21.0. The number of rotatable bonds is 24. The molecular weight excluding hydrogens is 367 g/mol. The van der Waals surface area contributed by atoms with Crippen molar-refractivity contribution in [2.45, 2.75) is 180 Å².